The van der Waals surface area contributed by atoms with Gasteiger partial charge in [0.25, 0.3) is 11.6 Å². The highest BCUT2D eigenvalue weighted by Crippen LogP contribution is 2.37. The topological polar surface area (TPSA) is 189 Å². The zero-order valence-electron chi connectivity index (χ0n) is 21.0. The molecule has 206 valence electrons. The lowest BCUT2D eigenvalue weighted by Gasteiger charge is -2.17. The molecule has 0 aliphatic rings. The van der Waals surface area contributed by atoms with E-state index in [1.165, 1.54) is 18.2 Å². The quantitative estimate of drug-likeness (QED) is 0.152. The standard InChI is InChI=1S/C26H18Cl2N8O5/c1-14-10-19(20(12-29)15-2-6-17(27)7-3-15)21(28)11-22(14)32-24-23(36(40)41)25(31-13-30-24)33-34-26(37)16-4-8-18(9-5-16)35(38)39/h2-11,13,20H,1H3,(H,34,37)(H2,30,31,32,33). The first-order chi connectivity index (χ1) is 19.6. The summed E-state index contributed by atoms with van der Waals surface area (Å²) in [5, 5.41) is 36.2. The van der Waals surface area contributed by atoms with Gasteiger partial charge in [-0.15, -0.1) is 0 Å². The number of carbonyl (C=O) groups is 1. The summed E-state index contributed by atoms with van der Waals surface area (Å²) in [7, 11) is 0. The smallest absolute Gasteiger partial charge is 0.334 e. The number of aryl methyl sites for hydroxylation is 1. The number of nitrogens with zero attached hydrogens (tertiary/aromatic N) is 5. The number of anilines is 3. The van der Waals surface area contributed by atoms with E-state index >= 15 is 0 Å². The Balaban J connectivity index is 1.58. The fourth-order valence-corrected chi connectivity index (χ4v) is 4.22. The fraction of sp³-hybridized carbons (Fsp3) is 0.0769. The first-order valence-corrected chi connectivity index (χ1v) is 12.4. The Labute approximate surface area is 242 Å². The van der Waals surface area contributed by atoms with E-state index in [0.29, 0.717) is 27.4 Å². The highest BCUT2D eigenvalue weighted by atomic mass is 35.5. The predicted octanol–water partition coefficient (Wildman–Crippen LogP) is 6.06. The molecule has 0 saturated carbocycles. The van der Waals surface area contributed by atoms with E-state index in [2.05, 4.69) is 32.2 Å². The second-order valence-corrected chi connectivity index (χ2v) is 9.33. The van der Waals surface area contributed by atoms with Crippen molar-refractivity contribution in [2.24, 2.45) is 0 Å². The number of nitro benzene ring substituents is 1. The van der Waals surface area contributed by atoms with Crippen molar-refractivity contribution in [2.45, 2.75) is 12.8 Å². The van der Waals surface area contributed by atoms with Crippen molar-refractivity contribution in [3.63, 3.8) is 0 Å². The van der Waals surface area contributed by atoms with Gasteiger partial charge in [-0.05, 0) is 53.9 Å². The lowest BCUT2D eigenvalue weighted by Crippen LogP contribution is -2.30. The molecule has 0 saturated heterocycles. The van der Waals surface area contributed by atoms with Crippen LogP contribution in [0.15, 0.2) is 67.0 Å². The maximum Gasteiger partial charge on any atom is 0.355 e. The summed E-state index contributed by atoms with van der Waals surface area (Å²) in [5.41, 5.74) is 6.19. The minimum atomic E-state index is -0.736. The Hall–Kier alpha value is -5.32. The van der Waals surface area contributed by atoms with Gasteiger partial charge in [0.15, 0.2) is 0 Å². The van der Waals surface area contributed by atoms with E-state index < -0.39 is 27.4 Å². The van der Waals surface area contributed by atoms with Gasteiger partial charge in [0.05, 0.1) is 21.8 Å². The van der Waals surface area contributed by atoms with Crippen molar-refractivity contribution in [1.29, 1.82) is 5.26 Å². The first-order valence-electron chi connectivity index (χ1n) is 11.6. The van der Waals surface area contributed by atoms with Crippen LogP contribution in [0.2, 0.25) is 10.0 Å². The van der Waals surface area contributed by atoms with Gasteiger partial charge in [0.1, 0.15) is 6.33 Å². The highest BCUT2D eigenvalue weighted by molar-refractivity contribution is 6.32. The minimum Gasteiger partial charge on any atom is -0.334 e. The van der Waals surface area contributed by atoms with E-state index in [1.54, 1.807) is 37.3 Å². The molecule has 15 heteroatoms. The number of nitrogens with one attached hydrogen (secondary N) is 3. The van der Waals surface area contributed by atoms with Crippen LogP contribution in [0.1, 0.15) is 33.0 Å². The Bertz CT molecular complexity index is 1690. The van der Waals surface area contributed by atoms with Gasteiger partial charge < -0.3 is 5.32 Å². The molecule has 0 radical (unpaired) electrons. The molecular weight excluding hydrogens is 575 g/mol. The van der Waals surface area contributed by atoms with Crippen molar-refractivity contribution in [3.8, 4) is 6.07 Å². The number of nitro groups is 2. The summed E-state index contributed by atoms with van der Waals surface area (Å²) in [4.78, 5) is 41.7. The monoisotopic (exact) mass is 592 g/mol. The third-order valence-corrected chi connectivity index (χ3v) is 6.46. The molecule has 41 heavy (non-hydrogen) atoms. The average Bonchev–Trinajstić information content (AvgIpc) is 2.95. The van der Waals surface area contributed by atoms with E-state index in [4.69, 9.17) is 23.2 Å². The van der Waals surface area contributed by atoms with Crippen LogP contribution in [0.25, 0.3) is 0 Å². The molecule has 13 nitrogen and oxygen atoms in total. The van der Waals surface area contributed by atoms with Crippen molar-refractivity contribution >= 4 is 57.8 Å². The second-order valence-electron chi connectivity index (χ2n) is 8.49. The van der Waals surface area contributed by atoms with Crippen molar-refractivity contribution < 1.29 is 14.6 Å². The number of rotatable bonds is 9. The number of carbonyl (C=O) groups excluding carboxylic acids is 1. The van der Waals surface area contributed by atoms with Gasteiger partial charge in [-0.1, -0.05) is 41.4 Å². The molecule has 1 heterocycles. The molecule has 1 unspecified atom stereocenters. The molecule has 0 fully saturated rings. The van der Waals surface area contributed by atoms with Crippen molar-refractivity contribution in [3.05, 3.63) is 120 Å². The predicted molar refractivity (Wildman–Crippen MR) is 151 cm³/mol. The number of hydrazine groups is 1. The zero-order chi connectivity index (χ0) is 29.7. The SMILES string of the molecule is Cc1cc(C(C#N)c2ccc(Cl)cc2)c(Cl)cc1Nc1ncnc(NNC(=O)c2ccc([N+](=O)[O-])cc2)c1[N+](=O)[O-]. The van der Waals surface area contributed by atoms with Gasteiger partial charge in [-0.25, -0.2) is 9.97 Å². The summed E-state index contributed by atoms with van der Waals surface area (Å²) in [5.74, 6) is -1.92. The van der Waals surface area contributed by atoms with Gasteiger partial charge in [0.2, 0.25) is 11.6 Å². The third-order valence-electron chi connectivity index (χ3n) is 5.88. The Morgan fingerprint density at radius 2 is 1.63 bits per heavy atom. The largest absolute Gasteiger partial charge is 0.355 e. The first kappa shape index (κ1) is 28.7. The van der Waals surface area contributed by atoms with Crippen LogP contribution in [0.4, 0.5) is 28.7 Å². The summed E-state index contributed by atoms with van der Waals surface area (Å²) < 4.78 is 0. The minimum absolute atomic E-state index is 0.0674. The fourth-order valence-electron chi connectivity index (χ4n) is 3.82. The molecule has 1 aromatic heterocycles. The Kier molecular flexibility index (Phi) is 8.57. The lowest BCUT2D eigenvalue weighted by molar-refractivity contribution is -0.384. The number of hydrogen-bond acceptors (Lipinski definition) is 10. The van der Waals surface area contributed by atoms with Crippen LogP contribution in [0.5, 0.6) is 0 Å². The average molecular weight is 593 g/mol. The number of nitriles is 1. The Morgan fingerprint density at radius 3 is 2.24 bits per heavy atom. The summed E-state index contributed by atoms with van der Waals surface area (Å²) >= 11 is 12.5. The normalized spacial score (nSPS) is 11.2. The molecule has 3 aromatic carbocycles. The summed E-state index contributed by atoms with van der Waals surface area (Å²) in [6.07, 6.45) is 1.05. The molecule has 3 N–H and O–H groups in total. The van der Waals surface area contributed by atoms with Crippen LogP contribution in [-0.2, 0) is 0 Å². The molecule has 0 aliphatic carbocycles. The number of non-ortho nitro benzene ring substituents is 1. The zero-order valence-corrected chi connectivity index (χ0v) is 22.5. The van der Waals surface area contributed by atoms with Gasteiger partial charge in [-0.3, -0.25) is 35.9 Å². The van der Waals surface area contributed by atoms with Crippen molar-refractivity contribution in [2.75, 3.05) is 10.7 Å². The Morgan fingerprint density at radius 1 is 0.976 bits per heavy atom. The molecular formula is C26H18Cl2N8O5. The number of halogens is 2. The molecule has 1 atom stereocenters. The number of benzene rings is 3. The summed E-state index contributed by atoms with van der Waals surface area (Å²) in [6, 6.07) is 17.0. The number of aromatic nitrogens is 2. The second kappa shape index (κ2) is 12.2. The van der Waals surface area contributed by atoms with Crippen LogP contribution < -0.4 is 16.2 Å². The van der Waals surface area contributed by atoms with E-state index in [1.807, 2.05) is 0 Å². The molecule has 0 aliphatic heterocycles. The van der Waals surface area contributed by atoms with Gasteiger partial charge in [0, 0.05) is 33.4 Å². The maximum atomic E-state index is 12.5. The molecule has 0 spiro atoms. The third kappa shape index (κ3) is 6.47. The van der Waals surface area contributed by atoms with Crippen LogP contribution in [0.3, 0.4) is 0 Å². The van der Waals surface area contributed by atoms with Crippen LogP contribution >= 0.6 is 23.2 Å². The molecule has 4 rings (SSSR count). The van der Waals surface area contributed by atoms with Crippen LogP contribution in [-0.4, -0.2) is 25.7 Å². The van der Waals surface area contributed by atoms with E-state index in [-0.39, 0.29) is 27.9 Å². The van der Waals surface area contributed by atoms with Crippen LogP contribution in [0, 0.1) is 38.5 Å². The molecule has 1 amide bonds. The number of hydrogen-bond donors (Lipinski definition) is 3. The lowest BCUT2D eigenvalue weighted by atomic mass is 9.91. The van der Waals surface area contributed by atoms with E-state index in [9.17, 15) is 30.3 Å². The summed E-state index contributed by atoms with van der Waals surface area (Å²) in [6.45, 7) is 1.73. The maximum absolute atomic E-state index is 12.5. The van der Waals surface area contributed by atoms with Gasteiger partial charge in [-0.2, -0.15) is 5.26 Å². The molecule has 0 bridgehead atoms. The van der Waals surface area contributed by atoms with Crippen molar-refractivity contribution in [1.82, 2.24) is 15.4 Å². The van der Waals surface area contributed by atoms with E-state index in [0.717, 1.165) is 18.5 Å². The van der Waals surface area contributed by atoms with Gasteiger partial charge >= 0.3 is 5.69 Å². The molecule has 4 aromatic rings. The highest BCUT2D eigenvalue weighted by Gasteiger charge is 2.25. The number of amides is 1.